The van der Waals surface area contributed by atoms with Crippen molar-refractivity contribution < 1.29 is 128 Å². The van der Waals surface area contributed by atoms with Crippen LogP contribution in [0.1, 0.15) is 114 Å². The second-order valence-electron chi connectivity index (χ2n) is 27.6. The van der Waals surface area contributed by atoms with Crippen molar-refractivity contribution in [2.75, 3.05) is 26.4 Å². The van der Waals surface area contributed by atoms with Gasteiger partial charge in [0.1, 0.15) is 91.6 Å². The summed E-state index contributed by atoms with van der Waals surface area (Å²) in [4.78, 5) is 39.6. The van der Waals surface area contributed by atoms with Crippen LogP contribution in [0.4, 0.5) is 0 Å². The lowest BCUT2D eigenvalue weighted by atomic mass is 9.33. The summed E-state index contributed by atoms with van der Waals surface area (Å²) in [5.74, 6) is -3.55. The smallest absolute Gasteiger partial charge is 0.335 e. The van der Waals surface area contributed by atoms with E-state index < -0.39 is 218 Å². The molecule has 484 valence electrons. The molecule has 0 radical (unpaired) electrons. The fourth-order valence-corrected chi connectivity index (χ4v) is 17.1. The van der Waals surface area contributed by atoms with Gasteiger partial charge in [0.05, 0.1) is 44.1 Å². The second-order valence-corrected chi connectivity index (χ2v) is 27.6. The lowest BCUT2D eigenvalue weighted by Gasteiger charge is -2.72. The van der Waals surface area contributed by atoms with Gasteiger partial charge in [0.2, 0.25) is 0 Å². The molecule has 5 aliphatic carbocycles. The third-order valence-electron chi connectivity index (χ3n) is 22.2. The minimum absolute atomic E-state index is 0.00886. The lowest BCUT2D eigenvalue weighted by molar-refractivity contribution is -0.399. The minimum atomic E-state index is -2.21. The van der Waals surface area contributed by atoms with Gasteiger partial charge < -0.3 is 114 Å². The molecule has 4 heterocycles. The molecular formula is C59H92O26. The average Bonchev–Trinajstić information content (AvgIpc) is 0.769. The van der Waals surface area contributed by atoms with E-state index in [0.29, 0.717) is 44.1 Å². The predicted octanol–water partition coefficient (Wildman–Crippen LogP) is -1.19. The first-order valence-electron chi connectivity index (χ1n) is 29.8. The Labute approximate surface area is 493 Å². The molecule has 0 aromatic heterocycles. The monoisotopic (exact) mass is 1220 g/mol. The second kappa shape index (κ2) is 24.4. The van der Waals surface area contributed by atoms with Crippen LogP contribution < -0.4 is 0 Å². The number of rotatable bonds is 14. The van der Waals surface area contributed by atoms with Crippen LogP contribution in [0.5, 0.6) is 0 Å². The van der Waals surface area contributed by atoms with Crippen LogP contribution in [0, 0.1) is 50.2 Å². The van der Waals surface area contributed by atoms with E-state index in [-0.39, 0.29) is 18.3 Å². The van der Waals surface area contributed by atoms with E-state index in [9.17, 15) is 80.8 Å². The number of hydrogen-bond donors (Lipinski definition) is 13. The Bertz CT molecular complexity index is 2490. The molecule has 9 rings (SSSR count). The van der Waals surface area contributed by atoms with Gasteiger partial charge in [0.25, 0.3) is 0 Å². The van der Waals surface area contributed by atoms with E-state index in [1.54, 1.807) is 19.9 Å². The fourth-order valence-electron chi connectivity index (χ4n) is 17.1. The molecule has 0 amide bonds. The predicted molar refractivity (Wildman–Crippen MR) is 288 cm³/mol. The van der Waals surface area contributed by atoms with E-state index in [0.717, 1.165) is 5.57 Å². The summed E-state index contributed by atoms with van der Waals surface area (Å²) in [5.41, 5.74) is -3.17. The maximum absolute atomic E-state index is 13.5. The molecule has 26 heteroatoms. The number of ether oxygens (including phenoxy) is 10. The number of carboxylic acids is 1. The van der Waals surface area contributed by atoms with Crippen molar-refractivity contribution in [3.05, 3.63) is 23.3 Å². The van der Waals surface area contributed by atoms with Crippen LogP contribution in [0.3, 0.4) is 0 Å². The molecule has 29 atom stereocenters. The molecule has 0 aromatic carbocycles. The molecule has 13 N–H and O–H groups in total. The topological polar surface area (TPSA) is 407 Å². The van der Waals surface area contributed by atoms with Gasteiger partial charge in [-0.1, -0.05) is 66.2 Å². The standard InChI is InChI=1S/C59H92O26/c1-11-24(2)49(75)85-46-47(78-25(3)62)59(23-61)27(18-54(46,4)5)26-12-13-32-56(8)16-15-34(55(6,7)31(56)14-17-57(32,9)58(26,10)19-33(59)65)80-53-45(84-51-40(71)38(69)37(68)30(20-60)79-51)42(41(72)43(82-53)48(73)74)81-52-44(36(67)29(64)22-77-52)83-50-39(70)35(66)28(63)21-76-50/h11-12,27-47,50-53,60-61,63-72H,13-23H2,1-10H3,(H,73,74)/b24-11+/t27-,28+,29-,30+,31-,32+,33+,34-,35-,36-,37-,38-,39+,40+,41-,42-,43-,44+,45+,46-,47-,50-,51-,52-,53+,56-,57+,58+,59-/m0/s1. The van der Waals surface area contributed by atoms with Crippen LogP contribution in [-0.4, -0.2) is 246 Å². The Balaban J connectivity index is 1.04. The zero-order chi connectivity index (χ0) is 62.6. The Hall–Kier alpha value is -2.91. The molecule has 0 bridgehead atoms. The number of aliphatic carboxylic acids is 1. The van der Waals surface area contributed by atoms with Gasteiger partial charge in [0, 0.05) is 17.9 Å². The van der Waals surface area contributed by atoms with Crippen LogP contribution >= 0.6 is 0 Å². The van der Waals surface area contributed by atoms with Gasteiger partial charge in [-0.15, -0.1) is 0 Å². The number of hydrogen-bond acceptors (Lipinski definition) is 25. The van der Waals surface area contributed by atoms with Crippen LogP contribution in [0.15, 0.2) is 23.3 Å². The fraction of sp³-hybridized carbons (Fsp3) is 0.881. The highest BCUT2D eigenvalue weighted by Crippen LogP contribution is 2.76. The summed E-state index contributed by atoms with van der Waals surface area (Å²) in [6.45, 7) is 16.7. The molecule has 9 aliphatic rings. The third kappa shape index (κ3) is 11.1. The molecule has 0 spiro atoms. The Morgan fingerprint density at radius 1 is 0.647 bits per heavy atom. The first kappa shape index (κ1) is 66.5. The summed E-state index contributed by atoms with van der Waals surface area (Å²) in [7, 11) is 0. The van der Waals surface area contributed by atoms with E-state index in [2.05, 4.69) is 26.8 Å². The van der Waals surface area contributed by atoms with Crippen molar-refractivity contribution >= 4 is 17.9 Å². The number of aliphatic hydroxyl groups is 12. The molecule has 4 saturated heterocycles. The van der Waals surface area contributed by atoms with Gasteiger partial charge in [-0.2, -0.15) is 0 Å². The van der Waals surface area contributed by atoms with Gasteiger partial charge in [-0.25, -0.2) is 9.59 Å². The summed E-state index contributed by atoms with van der Waals surface area (Å²) in [5, 5.41) is 144. The minimum Gasteiger partial charge on any atom is -0.479 e. The van der Waals surface area contributed by atoms with Gasteiger partial charge in [-0.3, -0.25) is 4.79 Å². The summed E-state index contributed by atoms with van der Waals surface area (Å²) < 4.78 is 60.9. The summed E-state index contributed by atoms with van der Waals surface area (Å²) in [6.07, 6.45) is -30.6. The molecule has 26 nitrogen and oxygen atoms in total. The summed E-state index contributed by atoms with van der Waals surface area (Å²) in [6, 6.07) is 0. The number of aliphatic hydroxyl groups excluding tert-OH is 12. The highest BCUT2D eigenvalue weighted by molar-refractivity contribution is 5.87. The zero-order valence-electron chi connectivity index (χ0n) is 50.0. The van der Waals surface area contributed by atoms with Crippen molar-refractivity contribution in [2.45, 2.75) is 249 Å². The first-order valence-corrected chi connectivity index (χ1v) is 29.8. The van der Waals surface area contributed by atoms with Crippen molar-refractivity contribution in [3.8, 4) is 0 Å². The first-order chi connectivity index (χ1) is 39.7. The quantitative estimate of drug-likeness (QED) is 0.0421. The molecule has 0 unspecified atom stereocenters. The largest absolute Gasteiger partial charge is 0.479 e. The van der Waals surface area contributed by atoms with Crippen molar-refractivity contribution in [1.82, 2.24) is 0 Å². The van der Waals surface area contributed by atoms with Crippen LogP contribution in [-0.2, 0) is 61.8 Å². The van der Waals surface area contributed by atoms with Crippen molar-refractivity contribution in [3.63, 3.8) is 0 Å². The van der Waals surface area contributed by atoms with Crippen molar-refractivity contribution in [2.24, 2.45) is 50.2 Å². The normalized spacial score (nSPS) is 50.5. The van der Waals surface area contributed by atoms with Crippen LogP contribution in [0.2, 0.25) is 0 Å². The van der Waals surface area contributed by atoms with E-state index in [1.807, 2.05) is 27.7 Å². The summed E-state index contributed by atoms with van der Waals surface area (Å²) >= 11 is 0. The van der Waals surface area contributed by atoms with Gasteiger partial charge >= 0.3 is 17.9 Å². The number of fused-ring (bicyclic) bond motifs is 7. The molecule has 8 fully saturated rings. The molecular weight excluding hydrogens is 1120 g/mol. The maximum atomic E-state index is 13.5. The number of allylic oxidation sites excluding steroid dienone is 3. The number of carbonyl (C=O) groups excluding carboxylic acids is 2. The highest BCUT2D eigenvalue weighted by atomic mass is 16.8. The van der Waals surface area contributed by atoms with E-state index in [1.165, 1.54) is 6.92 Å². The van der Waals surface area contributed by atoms with E-state index in [4.69, 9.17) is 47.4 Å². The molecule has 0 aromatic rings. The Kier molecular flexibility index (Phi) is 19.1. The lowest BCUT2D eigenvalue weighted by Crippen LogP contribution is -2.72. The number of carbonyl (C=O) groups is 3. The number of carboxylic acid groups (broad SMARTS) is 1. The highest BCUT2D eigenvalue weighted by Gasteiger charge is 2.74. The van der Waals surface area contributed by atoms with Gasteiger partial charge in [0.15, 0.2) is 31.3 Å². The SMILES string of the molecule is C/C=C(\C)C(=O)O[C@H]1[C@H](OC(C)=O)[C@]2(CO)[C@H](O)C[C@]3(C)C(=CC[C@@H]4[C@@]5(C)CC[C@H](O[C@@H]6O[C@H](C(=O)O)[C@@H](O)[C@H](O[C@@H]7OC[C@H](O)[C@H](O)[C@H]7O[C@@H]7OC[C@@H](O)[C@H](O)[C@H]7O)[C@H]6O[C@@H]6O[C@H](CO)[C@H](O)[C@H](O)[C@H]6O)C(C)(C)[C@@H]5CC[C@]43C)[C@@H]2CC1(C)C. The zero-order valence-corrected chi connectivity index (χ0v) is 50.0. The van der Waals surface area contributed by atoms with Gasteiger partial charge in [-0.05, 0) is 98.2 Å². The molecule has 85 heavy (non-hydrogen) atoms. The third-order valence-corrected chi connectivity index (χ3v) is 22.2. The van der Waals surface area contributed by atoms with E-state index >= 15 is 0 Å². The molecule has 4 aliphatic heterocycles. The van der Waals surface area contributed by atoms with Crippen molar-refractivity contribution in [1.29, 1.82) is 0 Å². The average molecular weight is 1220 g/mol. The molecule has 4 saturated carbocycles. The number of esters is 2. The Morgan fingerprint density at radius 2 is 1.27 bits per heavy atom. The Morgan fingerprint density at radius 3 is 1.89 bits per heavy atom. The maximum Gasteiger partial charge on any atom is 0.335 e. The van der Waals surface area contributed by atoms with Crippen LogP contribution in [0.25, 0.3) is 0 Å².